The van der Waals surface area contributed by atoms with Gasteiger partial charge in [0.05, 0.1) is 11.8 Å². The minimum absolute atomic E-state index is 0.0476. The Balaban J connectivity index is 1.85. The number of nitrogens with zero attached hydrogens (tertiary/aromatic N) is 3. The molecule has 1 unspecified atom stereocenters. The van der Waals surface area contributed by atoms with Gasteiger partial charge in [-0.15, -0.1) is 0 Å². The number of hydrogen-bond donors (Lipinski definition) is 0. The number of halogens is 2. The summed E-state index contributed by atoms with van der Waals surface area (Å²) in [6.07, 6.45) is 4.41. The summed E-state index contributed by atoms with van der Waals surface area (Å²) in [7, 11) is 8.05. The molecule has 0 spiro atoms. The van der Waals surface area contributed by atoms with E-state index in [9.17, 15) is 8.78 Å². The molecule has 1 aliphatic rings. The molecule has 3 aromatic heterocycles. The molecule has 3 aromatic rings. The fourth-order valence-electron chi connectivity index (χ4n) is 4.84. The lowest BCUT2D eigenvalue weighted by Crippen LogP contribution is -2.34. The van der Waals surface area contributed by atoms with Crippen molar-refractivity contribution < 1.29 is 18.0 Å². The van der Waals surface area contributed by atoms with Crippen LogP contribution in [0, 0.1) is 19.8 Å². The standard InChI is InChI=1S/C21H28B3F2N3O2/c1-11-17(12(2)31-28-11)14-8-15-16(10-29(21(22,23)24)19(15)27-9-14)18(30-3)13-4-6-20(25,26)7-5-13/h8-10,13,18H,4-7,22-24H2,1-3H3. The smallest absolute Gasteiger partial charge is 0.248 e. The van der Waals surface area contributed by atoms with Crippen LogP contribution in [-0.2, 0) is 9.97 Å². The Morgan fingerprint density at radius 2 is 1.94 bits per heavy atom. The fourth-order valence-corrected chi connectivity index (χ4v) is 4.84. The quantitative estimate of drug-likeness (QED) is 0.590. The summed E-state index contributed by atoms with van der Waals surface area (Å²) < 4.78 is 41.0. The number of aryl methyl sites for hydroxylation is 2. The van der Waals surface area contributed by atoms with Gasteiger partial charge in [0, 0.05) is 54.4 Å². The summed E-state index contributed by atoms with van der Waals surface area (Å²) >= 11 is 0. The first-order valence-corrected chi connectivity index (χ1v) is 10.9. The zero-order valence-electron chi connectivity index (χ0n) is 19.1. The minimum Gasteiger partial charge on any atom is -0.376 e. The molecule has 0 radical (unpaired) electrons. The van der Waals surface area contributed by atoms with Crippen LogP contribution in [0.3, 0.4) is 0 Å². The molecule has 0 aromatic carbocycles. The third-order valence-corrected chi connectivity index (χ3v) is 6.47. The monoisotopic (exact) mass is 425 g/mol. The number of pyridine rings is 1. The van der Waals surface area contributed by atoms with E-state index in [1.165, 1.54) is 0 Å². The van der Waals surface area contributed by atoms with Crippen molar-refractivity contribution in [3.8, 4) is 11.1 Å². The Morgan fingerprint density at radius 3 is 2.48 bits per heavy atom. The van der Waals surface area contributed by atoms with Crippen LogP contribution in [0.15, 0.2) is 23.0 Å². The van der Waals surface area contributed by atoms with Crippen LogP contribution < -0.4 is 0 Å². The highest BCUT2D eigenvalue weighted by atomic mass is 19.3. The molecule has 1 atom stereocenters. The van der Waals surface area contributed by atoms with Gasteiger partial charge in [-0.2, -0.15) is 0 Å². The third-order valence-electron chi connectivity index (χ3n) is 6.47. The van der Waals surface area contributed by atoms with Crippen LogP contribution in [0.5, 0.6) is 0 Å². The molecule has 31 heavy (non-hydrogen) atoms. The van der Waals surface area contributed by atoms with E-state index in [0.29, 0.717) is 12.8 Å². The predicted molar refractivity (Wildman–Crippen MR) is 125 cm³/mol. The van der Waals surface area contributed by atoms with Gasteiger partial charge in [-0.1, -0.05) is 5.16 Å². The molecule has 162 valence electrons. The molecular formula is C21H28B3F2N3O2. The van der Waals surface area contributed by atoms with Crippen LogP contribution in [0.25, 0.3) is 22.2 Å². The molecule has 1 aliphatic carbocycles. The van der Waals surface area contributed by atoms with Crippen LogP contribution in [0.1, 0.15) is 48.8 Å². The van der Waals surface area contributed by atoms with Crippen LogP contribution >= 0.6 is 0 Å². The lowest BCUT2D eigenvalue weighted by atomic mass is 9.49. The normalized spacial score (nSPS) is 18.5. The number of ether oxygens (including phenoxy) is 1. The van der Waals surface area contributed by atoms with E-state index < -0.39 is 5.92 Å². The predicted octanol–water partition coefficient (Wildman–Crippen LogP) is 2.29. The molecule has 0 amide bonds. The Hall–Kier alpha value is -2.09. The second-order valence-corrected chi connectivity index (χ2v) is 9.77. The third kappa shape index (κ3) is 4.06. The van der Waals surface area contributed by atoms with Crippen molar-refractivity contribution in [1.29, 1.82) is 0 Å². The van der Waals surface area contributed by atoms with Crippen molar-refractivity contribution in [3.63, 3.8) is 0 Å². The van der Waals surface area contributed by atoms with Crippen molar-refractivity contribution >= 4 is 34.6 Å². The van der Waals surface area contributed by atoms with Crippen LogP contribution in [-0.4, -0.2) is 51.3 Å². The first-order chi connectivity index (χ1) is 14.5. The van der Waals surface area contributed by atoms with Gasteiger partial charge in [0.15, 0.2) is 0 Å². The maximum atomic E-state index is 13.8. The molecule has 0 bridgehead atoms. The summed E-state index contributed by atoms with van der Waals surface area (Å²) in [5, 5.41) is 4.87. The molecular weight excluding hydrogens is 397 g/mol. The number of methoxy groups -OCH3 is 1. The first kappa shape index (κ1) is 22.1. The summed E-state index contributed by atoms with van der Waals surface area (Å²) in [6.45, 7) is 3.80. The molecule has 4 rings (SSSR count). The highest BCUT2D eigenvalue weighted by Crippen LogP contribution is 2.45. The Morgan fingerprint density at radius 1 is 1.26 bits per heavy atom. The van der Waals surface area contributed by atoms with E-state index in [1.54, 1.807) is 7.11 Å². The molecule has 5 nitrogen and oxygen atoms in total. The lowest BCUT2D eigenvalue weighted by molar-refractivity contribution is -0.0687. The number of aromatic nitrogens is 3. The lowest BCUT2D eigenvalue weighted by Gasteiger charge is -2.33. The highest BCUT2D eigenvalue weighted by molar-refractivity contribution is 6.56. The van der Waals surface area contributed by atoms with Gasteiger partial charge in [0.1, 0.15) is 34.9 Å². The van der Waals surface area contributed by atoms with E-state index in [2.05, 4.69) is 45.5 Å². The van der Waals surface area contributed by atoms with Crippen LogP contribution in [0.4, 0.5) is 8.78 Å². The Bertz CT molecular complexity index is 1080. The van der Waals surface area contributed by atoms with Gasteiger partial charge in [-0.25, -0.2) is 13.8 Å². The Labute approximate surface area is 184 Å². The zero-order valence-corrected chi connectivity index (χ0v) is 19.1. The maximum Gasteiger partial charge on any atom is 0.248 e. The van der Waals surface area contributed by atoms with Crippen molar-refractivity contribution in [2.75, 3.05) is 7.11 Å². The Kier molecular flexibility index (Phi) is 5.57. The second kappa shape index (κ2) is 7.80. The van der Waals surface area contributed by atoms with E-state index in [0.717, 1.165) is 39.2 Å². The van der Waals surface area contributed by atoms with Gasteiger partial charge in [-0.05, 0) is 43.9 Å². The van der Waals surface area contributed by atoms with Crippen molar-refractivity contribution in [1.82, 2.24) is 14.7 Å². The van der Waals surface area contributed by atoms with E-state index >= 15 is 0 Å². The maximum absolute atomic E-state index is 13.8. The average Bonchev–Trinajstić information content (AvgIpc) is 3.23. The second-order valence-electron chi connectivity index (χ2n) is 9.77. The molecule has 0 aliphatic heterocycles. The summed E-state index contributed by atoms with van der Waals surface area (Å²) in [4.78, 5) is 4.81. The minimum atomic E-state index is -2.56. The molecule has 1 fully saturated rings. The topological polar surface area (TPSA) is 53.1 Å². The zero-order chi connectivity index (χ0) is 22.6. The SMILES string of the molecule is BC(B)(B)n1cc(C(OC)C2CCC(F)(F)CC2)c2cc(-c3c(C)noc3C)cnc21. The molecule has 10 heteroatoms. The van der Waals surface area contributed by atoms with Crippen LogP contribution in [0.2, 0.25) is 0 Å². The van der Waals surface area contributed by atoms with E-state index in [4.69, 9.17) is 14.2 Å². The fraction of sp³-hybridized carbons (Fsp3) is 0.524. The molecule has 1 saturated carbocycles. The van der Waals surface area contributed by atoms with Crippen molar-refractivity contribution in [3.05, 3.63) is 35.5 Å². The van der Waals surface area contributed by atoms with Crippen molar-refractivity contribution in [2.24, 2.45) is 5.92 Å². The molecule has 3 heterocycles. The first-order valence-electron chi connectivity index (χ1n) is 10.9. The number of rotatable bonds is 5. The number of fused-ring (bicyclic) bond motifs is 1. The summed E-state index contributed by atoms with van der Waals surface area (Å²) in [6, 6.07) is 2.11. The summed E-state index contributed by atoms with van der Waals surface area (Å²) in [5.41, 5.74) is 4.55. The largest absolute Gasteiger partial charge is 0.376 e. The van der Waals surface area contributed by atoms with Gasteiger partial charge in [0.25, 0.3) is 0 Å². The summed E-state index contributed by atoms with van der Waals surface area (Å²) in [5.74, 6) is -1.77. The number of alkyl halides is 2. The van der Waals surface area contributed by atoms with E-state index in [-0.39, 0.29) is 30.1 Å². The van der Waals surface area contributed by atoms with Gasteiger partial charge in [0.2, 0.25) is 5.92 Å². The van der Waals surface area contributed by atoms with Gasteiger partial charge in [-0.3, -0.25) is 0 Å². The van der Waals surface area contributed by atoms with E-state index in [1.807, 2.05) is 20.0 Å². The molecule has 0 saturated heterocycles. The van der Waals surface area contributed by atoms with Crippen molar-refractivity contribution in [2.45, 2.75) is 56.8 Å². The highest BCUT2D eigenvalue weighted by Gasteiger charge is 2.39. The molecule has 0 N–H and O–H groups in total. The van der Waals surface area contributed by atoms with Gasteiger partial charge < -0.3 is 13.8 Å². The van der Waals surface area contributed by atoms with Gasteiger partial charge >= 0.3 is 0 Å². The average molecular weight is 425 g/mol. The number of hydrogen-bond acceptors (Lipinski definition) is 4.